The summed E-state index contributed by atoms with van der Waals surface area (Å²) in [6.45, 7) is 0. The summed E-state index contributed by atoms with van der Waals surface area (Å²) >= 11 is 0. The average molecular weight is 385 g/mol. The molecule has 0 aliphatic heterocycles. The van der Waals surface area contributed by atoms with Crippen LogP contribution in [0.3, 0.4) is 0 Å². The smallest absolute Gasteiger partial charge is 0.160 e. The van der Waals surface area contributed by atoms with Gasteiger partial charge in [0.1, 0.15) is 0 Å². The number of hydrogen-bond donors (Lipinski definition) is 0. The molecule has 0 fully saturated rings. The van der Waals surface area contributed by atoms with Gasteiger partial charge in [0.25, 0.3) is 0 Å². The standard InChI is InChI=1S/C27H19N3/c1-3-7-22(8-4-1)25-19-26(23-9-5-2-6-10-23)30-27(29-25)24-13-11-20(12-14-24)21-15-17-28-18-16-21/h1-19H. The Balaban J connectivity index is 1.60. The van der Waals surface area contributed by atoms with Crippen molar-refractivity contribution >= 4 is 0 Å². The Morgan fingerprint density at radius 1 is 0.400 bits per heavy atom. The summed E-state index contributed by atoms with van der Waals surface area (Å²) in [5, 5.41) is 0. The van der Waals surface area contributed by atoms with Gasteiger partial charge in [0, 0.05) is 29.1 Å². The van der Waals surface area contributed by atoms with Crippen molar-refractivity contribution in [2.45, 2.75) is 0 Å². The summed E-state index contributed by atoms with van der Waals surface area (Å²) in [7, 11) is 0. The first-order chi connectivity index (χ1) is 14.9. The van der Waals surface area contributed by atoms with E-state index in [1.165, 1.54) is 0 Å². The minimum absolute atomic E-state index is 0.719. The van der Waals surface area contributed by atoms with E-state index in [4.69, 9.17) is 9.97 Å². The van der Waals surface area contributed by atoms with Crippen LogP contribution in [0.2, 0.25) is 0 Å². The summed E-state index contributed by atoms with van der Waals surface area (Å²) in [5.74, 6) is 0.719. The van der Waals surface area contributed by atoms with E-state index < -0.39 is 0 Å². The first kappa shape index (κ1) is 18.0. The lowest BCUT2D eigenvalue weighted by Gasteiger charge is -2.10. The second-order valence-electron chi connectivity index (χ2n) is 7.01. The Labute approximate surface area is 175 Å². The van der Waals surface area contributed by atoms with Gasteiger partial charge in [0.05, 0.1) is 11.4 Å². The van der Waals surface area contributed by atoms with Crippen LogP contribution in [0.5, 0.6) is 0 Å². The van der Waals surface area contributed by atoms with Gasteiger partial charge in [0.2, 0.25) is 0 Å². The van der Waals surface area contributed by atoms with E-state index in [0.29, 0.717) is 0 Å². The largest absolute Gasteiger partial charge is 0.265 e. The molecule has 0 bridgehead atoms. The quantitative estimate of drug-likeness (QED) is 0.352. The van der Waals surface area contributed by atoms with Crippen LogP contribution in [0.15, 0.2) is 116 Å². The molecule has 142 valence electrons. The van der Waals surface area contributed by atoms with Crippen molar-refractivity contribution in [2.75, 3.05) is 0 Å². The summed E-state index contributed by atoms with van der Waals surface area (Å²) in [6.07, 6.45) is 3.61. The molecule has 0 amide bonds. The zero-order chi connectivity index (χ0) is 20.2. The summed E-state index contributed by atoms with van der Waals surface area (Å²) in [4.78, 5) is 13.9. The summed E-state index contributed by atoms with van der Waals surface area (Å²) in [6, 6.07) is 34.9. The second kappa shape index (κ2) is 8.10. The molecule has 5 aromatic rings. The van der Waals surface area contributed by atoms with Crippen molar-refractivity contribution in [3.8, 4) is 45.0 Å². The zero-order valence-corrected chi connectivity index (χ0v) is 16.3. The molecule has 3 heteroatoms. The van der Waals surface area contributed by atoms with E-state index in [1.54, 1.807) is 0 Å². The van der Waals surface area contributed by atoms with E-state index in [-0.39, 0.29) is 0 Å². The molecule has 0 saturated carbocycles. The normalized spacial score (nSPS) is 10.7. The number of nitrogens with zero attached hydrogens (tertiary/aromatic N) is 3. The molecular weight excluding hydrogens is 366 g/mol. The van der Waals surface area contributed by atoms with Crippen LogP contribution >= 0.6 is 0 Å². The number of hydrogen-bond acceptors (Lipinski definition) is 3. The van der Waals surface area contributed by atoms with Gasteiger partial charge in [0.15, 0.2) is 5.82 Å². The lowest BCUT2D eigenvalue weighted by molar-refractivity contribution is 1.18. The maximum absolute atomic E-state index is 4.88. The maximum atomic E-state index is 4.88. The fourth-order valence-corrected chi connectivity index (χ4v) is 3.45. The Morgan fingerprint density at radius 2 is 0.867 bits per heavy atom. The Bertz CT molecular complexity index is 1190. The molecule has 30 heavy (non-hydrogen) atoms. The zero-order valence-electron chi connectivity index (χ0n) is 16.3. The van der Waals surface area contributed by atoms with Gasteiger partial charge in [-0.05, 0) is 29.3 Å². The number of rotatable bonds is 4. The molecule has 0 radical (unpaired) electrons. The molecule has 0 N–H and O–H groups in total. The molecule has 0 saturated heterocycles. The Kier molecular flexibility index (Phi) is 4.84. The molecule has 3 aromatic carbocycles. The number of aromatic nitrogens is 3. The number of benzene rings is 3. The Hall–Kier alpha value is -4.11. The third-order valence-corrected chi connectivity index (χ3v) is 5.02. The first-order valence-electron chi connectivity index (χ1n) is 9.87. The maximum Gasteiger partial charge on any atom is 0.160 e. The molecule has 0 atom stereocenters. The SMILES string of the molecule is c1ccc(-c2cc(-c3ccccc3)nc(-c3ccc(-c4ccncc4)cc3)n2)cc1. The average Bonchev–Trinajstić information content (AvgIpc) is 2.85. The molecule has 0 unspecified atom stereocenters. The molecule has 0 aliphatic carbocycles. The highest BCUT2D eigenvalue weighted by molar-refractivity contribution is 5.73. The molecule has 0 spiro atoms. The van der Waals surface area contributed by atoms with Crippen LogP contribution in [-0.4, -0.2) is 15.0 Å². The summed E-state index contributed by atoms with van der Waals surface area (Å²) < 4.78 is 0. The van der Waals surface area contributed by atoms with E-state index in [1.807, 2.05) is 60.9 Å². The minimum Gasteiger partial charge on any atom is -0.265 e. The van der Waals surface area contributed by atoms with Crippen LogP contribution < -0.4 is 0 Å². The van der Waals surface area contributed by atoms with Crippen molar-refractivity contribution in [3.63, 3.8) is 0 Å². The molecule has 2 aromatic heterocycles. The fraction of sp³-hybridized carbons (Fsp3) is 0. The molecule has 3 nitrogen and oxygen atoms in total. The predicted molar refractivity (Wildman–Crippen MR) is 122 cm³/mol. The molecule has 2 heterocycles. The summed E-state index contributed by atoms with van der Waals surface area (Å²) in [5.41, 5.74) is 7.25. The predicted octanol–water partition coefficient (Wildman–Crippen LogP) is 6.54. The van der Waals surface area contributed by atoms with E-state index in [9.17, 15) is 0 Å². The van der Waals surface area contributed by atoms with Crippen molar-refractivity contribution in [2.24, 2.45) is 0 Å². The van der Waals surface area contributed by atoms with Crippen LogP contribution in [0.25, 0.3) is 45.0 Å². The van der Waals surface area contributed by atoms with Crippen molar-refractivity contribution in [3.05, 3.63) is 116 Å². The highest BCUT2D eigenvalue weighted by Crippen LogP contribution is 2.28. The van der Waals surface area contributed by atoms with Crippen LogP contribution in [0.1, 0.15) is 0 Å². The van der Waals surface area contributed by atoms with Crippen molar-refractivity contribution < 1.29 is 0 Å². The lowest BCUT2D eigenvalue weighted by Crippen LogP contribution is -1.95. The van der Waals surface area contributed by atoms with Gasteiger partial charge in [-0.25, -0.2) is 9.97 Å². The monoisotopic (exact) mass is 385 g/mol. The molecule has 0 aliphatic rings. The minimum atomic E-state index is 0.719. The van der Waals surface area contributed by atoms with E-state index in [2.05, 4.69) is 59.6 Å². The van der Waals surface area contributed by atoms with Crippen LogP contribution in [-0.2, 0) is 0 Å². The van der Waals surface area contributed by atoms with Crippen molar-refractivity contribution in [1.82, 2.24) is 15.0 Å². The third kappa shape index (κ3) is 3.74. The Morgan fingerprint density at radius 3 is 1.40 bits per heavy atom. The van der Waals surface area contributed by atoms with Gasteiger partial charge in [-0.2, -0.15) is 0 Å². The third-order valence-electron chi connectivity index (χ3n) is 5.02. The second-order valence-corrected chi connectivity index (χ2v) is 7.01. The topological polar surface area (TPSA) is 38.7 Å². The highest BCUT2D eigenvalue weighted by Gasteiger charge is 2.10. The van der Waals surface area contributed by atoms with Crippen molar-refractivity contribution in [1.29, 1.82) is 0 Å². The van der Waals surface area contributed by atoms with E-state index >= 15 is 0 Å². The van der Waals surface area contributed by atoms with Gasteiger partial charge < -0.3 is 0 Å². The molecule has 5 rings (SSSR count). The lowest BCUT2D eigenvalue weighted by atomic mass is 10.0. The van der Waals surface area contributed by atoms with Crippen LogP contribution in [0.4, 0.5) is 0 Å². The van der Waals surface area contributed by atoms with Gasteiger partial charge >= 0.3 is 0 Å². The first-order valence-corrected chi connectivity index (χ1v) is 9.87. The number of pyridine rings is 1. The highest BCUT2D eigenvalue weighted by atomic mass is 14.9. The van der Waals surface area contributed by atoms with Gasteiger partial charge in [-0.3, -0.25) is 4.98 Å². The molecular formula is C27H19N3. The fourth-order valence-electron chi connectivity index (χ4n) is 3.45. The van der Waals surface area contributed by atoms with Crippen LogP contribution in [0, 0.1) is 0 Å². The van der Waals surface area contributed by atoms with Gasteiger partial charge in [-0.1, -0.05) is 84.9 Å². The van der Waals surface area contributed by atoms with E-state index in [0.717, 1.165) is 45.0 Å². The van der Waals surface area contributed by atoms with Gasteiger partial charge in [-0.15, -0.1) is 0 Å².